The molecule has 0 spiro atoms. The lowest BCUT2D eigenvalue weighted by Gasteiger charge is -2.20. The standard InChI is InChI=1S/C18H12.C15H14.C14H10.C10H8.C8H8N2.C7H5NO.C7H5NS.C6H6.19C2H6/c1-2-8-14-13(7-1)15-9-3-4-11-17(15)18-12-6-5-10-16(14)18;1-15(2)13-9-5-3-7-11(13)12-8-4-6-10-14(12)15;1-3-7-13-11(5-1)9-10-12-6-2-4-8-14(12)13;1-2-6-10-8-4-3-7-9(10)5-1;1-10-6-9-7-4-2-3-5-8(7)10;2*1-2-4-7-6(3-1)8-5-9-7;1-2-4-6-5-3-1;19*1-2/h1-12H;3-10H,1-2H3;1-10H;1-8H;2-6H,1H3;2*1-5H;1-6H;19*1-2H3. The van der Waals surface area contributed by atoms with Gasteiger partial charge in [-0.1, -0.05) is 580 Å². The fourth-order valence-corrected chi connectivity index (χ4v) is 12.4. The van der Waals surface area contributed by atoms with Crippen molar-refractivity contribution < 1.29 is 4.42 Å². The number of nitrogens with zero attached hydrogens (tertiary/aromatic N) is 4. The van der Waals surface area contributed by atoms with Crippen LogP contribution in [0.25, 0.3) is 108 Å². The van der Waals surface area contributed by atoms with Gasteiger partial charge in [-0.05, 0) is 123 Å². The summed E-state index contributed by atoms with van der Waals surface area (Å²) < 4.78 is 8.28. The lowest BCUT2D eigenvalue weighted by Crippen LogP contribution is -2.14. The lowest BCUT2D eigenvalue weighted by atomic mass is 9.82. The molecule has 0 saturated heterocycles. The summed E-state index contributed by atoms with van der Waals surface area (Å²) >= 11 is 1.68. The first-order chi connectivity index (χ1) is 63.9. The average Bonchev–Trinajstić information content (AvgIpc) is 1.74. The molecule has 18 aromatic rings. The second kappa shape index (κ2) is 95.8. The first-order valence-corrected chi connectivity index (χ1v) is 50.5. The summed E-state index contributed by atoms with van der Waals surface area (Å²) in [6, 6.07) is 117. The maximum atomic E-state index is 5.01. The third-order valence-electron chi connectivity index (χ3n) is 16.2. The summed E-state index contributed by atoms with van der Waals surface area (Å²) in [5.41, 5.74) is 12.8. The fraction of sp³-hybridized carbons (Fsp3) is 0.341. The summed E-state index contributed by atoms with van der Waals surface area (Å²) in [5.74, 6) is 0. The molecule has 0 amide bonds. The van der Waals surface area contributed by atoms with Gasteiger partial charge < -0.3 is 8.98 Å². The Balaban J connectivity index is -0.000000207. The Morgan fingerprint density at radius 1 is 0.225 bits per heavy atom. The SMILES string of the molecule is CC.CC.CC.CC.CC.CC.CC.CC.CC.CC.CC.CC.CC.CC.CC.CC.CC.CC.CC.CC1(C)c2ccccc2-c2ccccc21.Cn1cnc2ccccc21.c1ccc2c(c1)c1ccccc1c1ccccc21.c1ccc2c(c1)ccc1ccccc12.c1ccc2ccccc2c1.c1ccc2ocnc2c1.c1ccc2scnc2c1.c1ccccc1. The summed E-state index contributed by atoms with van der Waals surface area (Å²) in [6.07, 6.45) is 3.27. The molecule has 129 heavy (non-hydrogen) atoms. The Bertz CT molecular complexity index is 4800. The van der Waals surface area contributed by atoms with E-state index in [0.29, 0.717) is 0 Å². The van der Waals surface area contributed by atoms with E-state index in [4.69, 9.17) is 4.42 Å². The Morgan fingerprint density at radius 3 is 0.798 bits per heavy atom. The van der Waals surface area contributed by atoms with E-state index in [2.05, 4.69) is 271 Å². The minimum Gasteiger partial charge on any atom is -0.443 e. The van der Waals surface area contributed by atoms with Crippen molar-refractivity contribution in [3.63, 3.8) is 0 Å². The first kappa shape index (κ1) is 133. The fourth-order valence-electron chi connectivity index (χ4n) is 11.7. The smallest absolute Gasteiger partial charge is 0.181 e. The zero-order valence-corrected chi connectivity index (χ0v) is 90.0. The van der Waals surface area contributed by atoms with Crippen LogP contribution in [0.5, 0.6) is 0 Å². The van der Waals surface area contributed by atoms with Crippen molar-refractivity contribution in [1.29, 1.82) is 0 Å². The molecule has 19 rings (SSSR count). The van der Waals surface area contributed by atoms with Crippen molar-refractivity contribution in [3.05, 3.63) is 369 Å². The van der Waals surface area contributed by atoms with E-state index < -0.39 is 0 Å². The van der Waals surface area contributed by atoms with Gasteiger partial charge in [-0.25, -0.2) is 15.0 Å². The van der Waals surface area contributed by atoms with Gasteiger partial charge in [0.1, 0.15) is 5.52 Å². The number of fused-ring (bicyclic) bond motifs is 16. The van der Waals surface area contributed by atoms with Crippen LogP contribution in [0, 0.1) is 0 Å². The Hall–Kier alpha value is -11.3. The molecule has 0 radical (unpaired) electrons. The number of oxazole rings is 1. The molecule has 0 atom stereocenters. The van der Waals surface area contributed by atoms with Crippen molar-refractivity contribution in [2.75, 3.05) is 0 Å². The van der Waals surface area contributed by atoms with Crippen LogP contribution in [-0.2, 0) is 12.5 Å². The van der Waals surface area contributed by atoms with Crippen LogP contribution >= 0.6 is 11.3 Å². The minimum atomic E-state index is 0.160. The summed E-state index contributed by atoms with van der Waals surface area (Å²) in [7, 11) is 2.00. The molecule has 0 N–H and O–H groups in total. The van der Waals surface area contributed by atoms with Gasteiger partial charge in [-0.3, -0.25) is 0 Å². The van der Waals surface area contributed by atoms with E-state index >= 15 is 0 Å². The molecule has 5 nitrogen and oxygen atoms in total. The highest BCUT2D eigenvalue weighted by Gasteiger charge is 2.34. The summed E-state index contributed by atoms with van der Waals surface area (Å²) in [4.78, 5) is 12.3. The minimum absolute atomic E-state index is 0.160. The second-order valence-electron chi connectivity index (χ2n) is 22.3. The zero-order valence-electron chi connectivity index (χ0n) is 89.2. The Morgan fingerprint density at radius 2 is 0.481 bits per heavy atom. The van der Waals surface area contributed by atoms with Crippen molar-refractivity contribution in [3.8, 4) is 11.1 Å². The van der Waals surface area contributed by atoms with E-state index in [0.717, 1.165) is 22.1 Å². The molecular weight excluding hydrogens is 1580 g/mol. The normalized spacial score (nSPS) is 8.88. The number of imidazole rings is 1. The lowest BCUT2D eigenvalue weighted by molar-refractivity contribution is 0.602. The largest absolute Gasteiger partial charge is 0.443 e. The molecule has 6 heteroatoms. The topological polar surface area (TPSA) is 56.7 Å². The third-order valence-corrected chi connectivity index (χ3v) is 17.0. The molecule has 0 bridgehead atoms. The monoisotopic (exact) mass is 1760 g/mol. The van der Waals surface area contributed by atoms with Gasteiger partial charge in [-0.15, -0.1) is 11.3 Å². The quantitative estimate of drug-likeness (QED) is 0.142. The van der Waals surface area contributed by atoms with Gasteiger partial charge in [0.25, 0.3) is 0 Å². The van der Waals surface area contributed by atoms with Crippen molar-refractivity contribution in [2.45, 2.75) is 282 Å². The molecule has 0 unspecified atom stereocenters. The Labute approximate surface area is 796 Å². The predicted octanol–water partition coefficient (Wildman–Crippen LogP) is 42.9. The van der Waals surface area contributed by atoms with E-state index in [1.807, 2.05) is 384 Å². The van der Waals surface area contributed by atoms with Crippen LogP contribution in [0.3, 0.4) is 0 Å². The molecule has 3 heterocycles. The zero-order chi connectivity index (χ0) is 100. The van der Waals surface area contributed by atoms with Crippen molar-refractivity contribution >= 4 is 108 Å². The third kappa shape index (κ3) is 47.0. The number of aryl methyl sites for hydroxylation is 1. The van der Waals surface area contributed by atoms with Crippen LogP contribution in [0.1, 0.15) is 288 Å². The van der Waals surface area contributed by atoms with Gasteiger partial charge in [-0.2, -0.15) is 0 Å². The summed E-state index contributed by atoms with van der Waals surface area (Å²) in [5, 5.41) is 16.0. The number of para-hydroxylation sites is 5. The van der Waals surface area contributed by atoms with Crippen LogP contribution in [-0.4, -0.2) is 19.5 Å². The van der Waals surface area contributed by atoms with Gasteiger partial charge in [0, 0.05) is 12.5 Å². The molecule has 706 valence electrons. The van der Waals surface area contributed by atoms with Crippen molar-refractivity contribution in [1.82, 2.24) is 19.5 Å². The van der Waals surface area contributed by atoms with E-state index in [-0.39, 0.29) is 5.41 Å². The van der Waals surface area contributed by atoms with Crippen LogP contribution in [0.4, 0.5) is 0 Å². The number of rotatable bonds is 0. The number of aromatic nitrogens is 4. The average molecular weight is 1760 g/mol. The summed E-state index contributed by atoms with van der Waals surface area (Å²) in [6.45, 7) is 80.6. The molecule has 1 aliphatic rings. The highest BCUT2D eigenvalue weighted by atomic mass is 32.1. The molecule has 0 fully saturated rings. The first-order valence-electron chi connectivity index (χ1n) is 49.6. The number of hydrogen-bond acceptors (Lipinski definition) is 5. The predicted molar refractivity (Wildman–Crippen MR) is 605 cm³/mol. The molecule has 0 aliphatic heterocycles. The number of thiazole rings is 1. The van der Waals surface area contributed by atoms with Gasteiger partial charge >= 0.3 is 0 Å². The van der Waals surface area contributed by atoms with Gasteiger partial charge in [0.05, 0.1) is 33.1 Å². The van der Waals surface area contributed by atoms with E-state index in [1.165, 1.54) is 103 Å². The molecule has 1 aliphatic carbocycles. The molecule has 3 aromatic heterocycles. The number of hydrogen-bond donors (Lipinski definition) is 0. The maximum absolute atomic E-state index is 5.01. The second-order valence-corrected chi connectivity index (χ2v) is 23.2. The molecule has 15 aromatic carbocycles. The Kier molecular flexibility index (Phi) is 98.9. The highest BCUT2D eigenvalue weighted by molar-refractivity contribution is 7.16. The number of benzene rings is 15. The highest BCUT2D eigenvalue weighted by Crippen LogP contribution is 2.48. The van der Waals surface area contributed by atoms with Crippen molar-refractivity contribution in [2.24, 2.45) is 7.05 Å². The van der Waals surface area contributed by atoms with Gasteiger partial charge in [0.15, 0.2) is 12.0 Å². The maximum Gasteiger partial charge on any atom is 0.181 e. The van der Waals surface area contributed by atoms with Crippen LogP contribution in [0.15, 0.2) is 362 Å². The van der Waals surface area contributed by atoms with Gasteiger partial charge in [0.2, 0.25) is 0 Å². The van der Waals surface area contributed by atoms with Crippen LogP contribution < -0.4 is 0 Å². The van der Waals surface area contributed by atoms with E-state index in [9.17, 15) is 0 Å². The molecule has 0 saturated carbocycles. The van der Waals surface area contributed by atoms with Crippen LogP contribution in [0.2, 0.25) is 0 Å². The molecular formula is C123H182N4OS. The van der Waals surface area contributed by atoms with E-state index in [1.54, 1.807) is 11.3 Å².